The summed E-state index contributed by atoms with van der Waals surface area (Å²) in [6, 6.07) is -0.159. The van der Waals surface area contributed by atoms with Crippen molar-refractivity contribution in [2.45, 2.75) is 19.9 Å². The number of carbonyl (C=O) groups excluding carboxylic acids is 1. The Morgan fingerprint density at radius 2 is 2.43 bits per heavy atom. The fourth-order valence-corrected chi connectivity index (χ4v) is 1.22. The molecular weight excluding hydrogens is 248 g/mol. The van der Waals surface area contributed by atoms with E-state index >= 15 is 0 Å². The van der Waals surface area contributed by atoms with Crippen molar-refractivity contribution >= 4 is 22.0 Å². The van der Waals surface area contributed by atoms with Crippen molar-refractivity contribution in [3.8, 4) is 0 Å². The number of carbonyl (C=O) groups is 1. The molecule has 1 aromatic heterocycles. The zero-order valence-electron chi connectivity index (χ0n) is 7.93. The van der Waals surface area contributed by atoms with E-state index in [0.29, 0.717) is 13.1 Å². The Morgan fingerprint density at radius 3 is 3.00 bits per heavy atom. The van der Waals surface area contributed by atoms with Gasteiger partial charge in [-0.3, -0.25) is 5.10 Å². The summed E-state index contributed by atoms with van der Waals surface area (Å²) in [4.78, 5) is 11.1. The summed E-state index contributed by atoms with van der Waals surface area (Å²) in [7, 11) is 0. The normalized spacial score (nSPS) is 9.86. The van der Waals surface area contributed by atoms with Crippen LogP contribution in [0.5, 0.6) is 0 Å². The van der Waals surface area contributed by atoms with Gasteiger partial charge in [0, 0.05) is 6.54 Å². The van der Waals surface area contributed by atoms with Crippen LogP contribution in [0.1, 0.15) is 19.0 Å². The highest BCUT2D eigenvalue weighted by Crippen LogP contribution is 2.11. The Hall–Kier alpha value is -1.04. The summed E-state index contributed by atoms with van der Waals surface area (Å²) in [6.45, 7) is 3.14. The standard InChI is InChI=1S/C8H13BrN4O/c1-2-3-10-8(14)11-5-7-6(9)4-12-13-7/h4H,2-3,5H2,1H3,(H,12,13)(H2,10,11,14). The molecule has 2 amide bonds. The number of aromatic amines is 1. The summed E-state index contributed by atoms with van der Waals surface area (Å²) in [6.07, 6.45) is 2.59. The largest absolute Gasteiger partial charge is 0.338 e. The van der Waals surface area contributed by atoms with E-state index in [1.54, 1.807) is 6.20 Å². The molecule has 1 aromatic rings. The molecule has 0 fully saturated rings. The van der Waals surface area contributed by atoms with Gasteiger partial charge < -0.3 is 10.6 Å². The van der Waals surface area contributed by atoms with Crippen LogP contribution in [-0.2, 0) is 6.54 Å². The topological polar surface area (TPSA) is 69.8 Å². The van der Waals surface area contributed by atoms with Gasteiger partial charge in [0.2, 0.25) is 0 Å². The minimum atomic E-state index is -0.159. The molecule has 0 saturated heterocycles. The van der Waals surface area contributed by atoms with Crippen LogP contribution < -0.4 is 10.6 Å². The molecule has 0 aliphatic rings. The minimum Gasteiger partial charge on any atom is -0.338 e. The van der Waals surface area contributed by atoms with E-state index in [1.807, 2.05) is 6.92 Å². The molecule has 0 aromatic carbocycles. The monoisotopic (exact) mass is 260 g/mol. The molecular formula is C8H13BrN4O. The molecule has 0 unspecified atom stereocenters. The number of nitrogens with one attached hydrogen (secondary N) is 3. The second-order valence-corrected chi connectivity index (χ2v) is 3.66. The maximum absolute atomic E-state index is 11.1. The first kappa shape index (κ1) is 11.0. The summed E-state index contributed by atoms with van der Waals surface area (Å²) < 4.78 is 0.869. The average Bonchev–Trinajstić information content (AvgIpc) is 2.58. The third-order valence-electron chi connectivity index (χ3n) is 1.63. The zero-order chi connectivity index (χ0) is 10.4. The Kier molecular flexibility index (Phi) is 4.45. The molecule has 78 valence electrons. The maximum atomic E-state index is 11.1. The number of rotatable bonds is 4. The van der Waals surface area contributed by atoms with Crippen molar-refractivity contribution in [1.29, 1.82) is 0 Å². The minimum absolute atomic E-state index is 0.159. The summed E-state index contributed by atoms with van der Waals surface area (Å²) in [5, 5.41) is 12.0. The van der Waals surface area contributed by atoms with Crippen LogP contribution in [0.15, 0.2) is 10.7 Å². The fourth-order valence-electron chi connectivity index (χ4n) is 0.892. The Morgan fingerprint density at radius 1 is 1.64 bits per heavy atom. The average molecular weight is 261 g/mol. The van der Waals surface area contributed by atoms with Crippen LogP contribution in [0.3, 0.4) is 0 Å². The molecule has 0 saturated carbocycles. The Labute approximate surface area is 90.8 Å². The maximum Gasteiger partial charge on any atom is 0.315 e. The number of hydrogen-bond acceptors (Lipinski definition) is 2. The third-order valence-corrected chi connectivity index (χ3v) is 2.31. The SMILES string of the molecule is CCCNC(=O)NCc1[nH]ncc1Br. The first-order valence-electron chi connectivity index (χ1n) is 4.43. The van der Waals surface area contributed by atoms with Crippen LogP contribution in [0.2, 0.25) is 0 Å². The molecule has 3 N–H and O–H groups in total. The summed E-state index contributed by atoms with van der Waals surface area (Å²) in [5.74, 6) is 0. The van der Waals surface area contributed by atoms with Crippen molar-refractivity contribution < 1.29 is 4.79 Å². The lowest BCUT2D eigenvalue weighted by molar-refractivity contribution is 0.240. The number of aromatic nitrogens is 2. The zero-order valence-corrected chi connectivity index (χ0v) is 9.52. The smallest absolute Gasteiger partial charge is 0.315 e. The van der Waals surface area contributed by atoms with E-state index < -0.39 is 0 Å². The van der Waals surface area contributed by atoms with Gasteiger partial charge in [-0.2, -0.15) is 5.10 Å². The van der Waals surface area contributed by atoms with Gasteiger partial charge in [-0.25, -0.2) is 4.79 Å². The molecule has 1 heterocycles. The van der Waals surface area contributed by atoms with Crippen molar-refractivity contribution in [1.82, 2.24) is 20.8 Å². The first-order chi connectivity index (χ1) is 6.74. The van der Waals surface area contributed by atoms with Gasteiger partial charge in [-0.05, 0) is 22.4 Å². The summed E-state index contributed by atoms with van der Waals surface area (Å²) >= 11 is 3.30. The quantitative estimate of drug-likeness (QED) is 0.766. The molecule has 5 nitrogen and oxygen atoms in total. The number of nitrogens with zero attached hydrogens (tertiary/aromatic N) is 1. The molecule has 0 spiro atoms. The van der Waals surface area contributed by atoms with Gasteiger partial charge in [0.25, 0.3) is 0 Å². The van der Waals surface area contributed by atoms with Gasteiger partial charge in [-0.15, -0.1) is 0 Å². The van der Waals surface area contributed by atoms with E-state index in [0.717, 1.165) is 16.6 Å². The van der Waals surface area contributed by atoms with E-state index in [9.17, 15) is 4.79 Å². The van der Waals surface area contributed by atoms with E-state index in [4.69, 9.17) is 0 Å². The lowest BCUT2D eigenvalue weighted by Crippen LogP contribution is -2.35. The van der Waals surface area contributed by atoms with Gasteiger partial charge >= 0.3 is 6.03 Å². The number of amides is 2. The van der Waals surface area contributed by atoms with Crippen molar-refractivity contribution in [3.05, 3.63) is 16.4 Å². The van der Waals surface area contributed by atoms with Gasteiger partial charge in [-0.1, -0.05) is 6.92 Å². The van der Waals surface area contributed by atoms with Crippen LogP contribution in [0.25, 0.3) is 0 Å². The molecule has 14 heavy (non-hydrogen) atoms. The van der Waals surface area contributed by atoms with Crippen molar-refractivity contribution in [2.75, 3.05) is 6.54 Å². The number of urea groups is 1. The van der Waals surface area contributed by atoms with Crippen molar-refractivity contribution in [3.63, 3.8) is 0 Å². The first-order valence-corrected chi connectivity index (χ1v) is 5.22. The molecule has 6 heteroatoms. The van der Waals surface area contributed by atoms with Gasteiger partial charge in [0.15, 0.2) is 0 Å². The second kappa shape index (κ2) is 5.64. The highest BCUT2D eigenvalue weighted by Gasteiger charge is 2.03. The molecule has 0 aliphatic carbocycles. The van der Waals surface area contributed by atoms with Crippen LogP contribution in [0, 0.1) is 0 Å². The Bertz CT molecular complexity index is 299. The Balaban J connectivity index is 2.27. The van der Waals surface area contributed by atoms with E-state index in [-0.39, 0.29) is 6.03 Å². The van der Waals surface area contributed by atoms with Crippen LogP contribution in [0.4, 0.5) is 4.79 Å². The fraction of sp³-hybridized carbons (Fsp3) is 0.500. The van der Waals surface area contributed by atoms with Gasteiger partial charge in [0.1, 0.15) is 0 Å². The third kappa shape index (κ3) is 3.37. The highest BCUT2D eigenvalue weighted by atomic mass is 79.9. The predicted octanol–water partition coefficient (Wildman–Crippen LogP) is 1.38. The van der Waals surface area contributed by atoms with Gasteiger partial charge in [0.05, 0.1) is 22.9 Å². The molecule has 0 bridgehead atoms. The van der Waals surface area contributed by atoms with E-state index in [2.05, 4.69) is 36.8 Å². The lowest BCUT2D eigenvalue weighted by atomic mass is 10.4. The number of halogens is 1. The molecule has 0 radical (unpaired) electrons. The lowest BCUT2D eigenvalue weighted by Gasteiger charge is -2.05. The van der Waals surface area contributed by atoms with E-state index in [1.165, 1.54) is 0 Å². The number of H-pyrrole nitrogens is 1. The highest BCUT2D eigenvalue weighted by molar-refractivity contribution is 9.10. The number of hydrogen-bond donors (Lipinski definition) is 3. The molecule has 0 atom stereocenters. The predicted molar refractivity (Wildman–Crippen MR) is 56.8 cm³/mol. The summed E-state index contributed by atoms with van der Waals surface area (Å²) in [5.41, 5.74) is 0.858. The molecule has 1 rings (SSSR count). The van der Waals surface area contributed by atoms with Crippen molar-refractivity contribution in [2.24, 2.45) is 0 Å². The molecule has 0 aliphatic heterocycles. The van der Waals surface area contributed by atoms with Crippen LogP contribution >= 0.6 is 15.9 Å². The van der Waals surface area contributed by atoms with Crippen LogP contribution in [-0.4, -0.2) is 22.8 Å². The second-order valence-electron chi connectivity index (χ2n) is 2.81.